The van der Waals surface area contributed by atoms with Crippen molar-refractivity contribution < 1.29 is 23.9 Å². The van der Waals surface area contributed by atoms with Crippen molar-refractivity contribution in [2.45, 2.75) is 20.3 Å². The molecule has 0 fully saturated rings. The van der Waals surface area contributed by atoms with E-state index in [1.165, 1.54) is 13.2 Å². The number of ether oxygens (including phenoxy) is 2. The van der Waals surface area contributed by atoms with Crippen LogP contribution in [-0.2, 0) is 9.53 Å². The summed E-state index contributed by atoms with van der Waals surface area (Å²) in [5.41, 5.74) is 0.225. The second-order valence-electron chi connectivity index (χ2n) is 5.41. The molecule has 2 N–H and O–H groups in total. The highest BCUT2D eigenvalue weighted by Gasteiger charge is 2.15. The molecule has 1 rings (SSSR count). The van der Waals surface area contributed by atoms with Gasteiger partial charge in [0.05, 0.1) is 12.7 Å². The van der Waals surface area contributed by atoms with Crippen LogP contribution in [0.5, 0.6) is 5.75 Å². The molecule has 0 saturated carbocycles. The lowest BCUT2D eigenvalue weighted by Gasteiger charge is -2.09. The number of imide groups is 1. The number of urea groups is 1. The molecule has 0 atom stereocenters. The summed E-state index contributed by atoms with van der Waals surface area (Å²) >= 11 is 3.23. The van der Waals surface area contributed by atoms with E-state index in [0.29, 0.717) is 22.7 Å². The molecule has 1 aromatic carbocycles. The van der Waals surface area contributed by atoms with Crippen molar-refractivity contribution in [2.24, 2.45) is 5.92 Å². The maximum absolute atomic E-state index is 12.0. The zero-order valence-electron chi connectivity index (χ0n) is 13.8. The highest BCUT2D eigenvalue weighted by Crippen LogP contribution is 2.23. The molecule has 24 heavy (non-hydrogen) atoms. The van der Waals surface area contributed by atoms with Gasteiger partial charge < -0.3 is 14.8 Å². The number of carbonyl (C=O) groups is 3. The minimum Gasteiger partial charge on any atom is -0.497 e. The third-order valence-electron chi connectivity index (χ3n) is 2.99. The van der Waals surface area contributed by atoms with Crippen molar-refractivity contribution in [3.63, 3.8) is 0 Å². The van der Waals surface area contributed by atoms with E-state index in [-0.39, 0.29) is 5.56 Å². The molecule has 132 valence electrons. The van der Waals surface area contributed by atoms with Crippen LogP contribution in [0, 0.1) is 5.92 Å². The van der Waals surface area contributed by atoms with E-state index in [1.807, 2.05) is 13.8 Å². The van der Waals surface area contributed by atoms with Crippen LogP contribution in [0.15, 0.2) is 22.7 Å². The number of nitrogens with one attached hydrogen (secondary N) is 2. The predicted octanol–water partition coefficient (Wildman–Crippen LogP) is 2.49. The van der Waals surface area contributed by atoms with Crippen LogP contribution in [-0.4, -0.2) is 38.2 Å². The molecule has 0 spiro atoms. The Balaban J connectivity index is 2.44. The molecule has 0 saturated heterocycles. The second-order valence-corrected chi connectivity index (χ2v) is 6.26. The molecule has 0 heterocycles. The number of rotatable bonds is 7. The van der Waals surface area contributed by atoms with Gasteiger partial charge in [-0.15, -0.1) is 0 Å². The quantitative estimate of drug-likeness (QED) is 0.685. The third-order valence-corrected chi connectivity index (χ3v) is 3.68. The van der Waals surface area contributed by atoms with Gasteiger partial charge in [-0.1, -0.05) is 13.8 Å². The van der Waals surface area contributed by atoms with Crippen molar-refractivity contribution in [1.29, 1.82) is 0 Å². The topological polar surface area (TPSA) is 93.7 Å². The minimum absolute atomic E-state index is 0.225. The van der Waals surface area contributed by atoms with Gasteiger partial charge in [0.2, 0.25) is 0 Å². The van der Waals surface area contributed by atoms with Crippen molar-refractivity contribution >= 4 is 33.8 Å². The van der Waals surface area contributed by atoms with Crippen LogP contribution in [0.3, 0.4) is 0 Å². The SMILES string of the molecule is COc1ccc(Br)c(C(=O)OCC(=O)NC(=O)NCCC(C)C)c1. The van der Waals surface area contributed by atoms with Gasteiger partial charge in [-0.3, -0.25) is 10.1 Å². The maximum atomic E-state index is 12.0. The summed E-state index contributed by atoms with van der Waals surface area (Å²) in [5, 5.41) is 4.65. The molecular weight excluding hydrogens is 380 g/mol. The molecule has 0 aliphatic carbocycles. The van der Waals surface area contributed by atoms with Crippen molar-refractivity contribution in [3.8, 4) is 5.75 Å². The van der Waals surface area contributed by atoms with Gasteiger partial charge in [0.15, 0.2) is 6.61 Å². The fourth-order valence-corrected chi connectivity index (χ4v) is 2.09. The van der Waals surface area contributed by atoms with Crippen LogP contribution < -0.4 is 15.4 Å². The molecule has 3 amide bonds. The summed E-state index contributed by atoms with van der Waals surface area (Å²) in [7, 11) is 1.48. The van der Waals surface area contributed by atoms with E-state index in [0.717, 1.165) is 6.42 Å². The largest absolute Gasteiger partial charge is 0.497 e. The molecule has 7 nitrogen and oxygen atoms in total. The molecule has 0 aliphatic heterocycles. The summed E-state index contributed by atoms with van der Waals surface area (Å²) in [4.78, 5) is 35.1. The van der Waals surface area contributed by atoms with Crippen LogP contribution in [0.4, 0.5) is 4.79 Å². The summed E-state index contributed by atoms with van der Waals surface area (Å²) in [6, 6.07) is 4.19. The number of hydrogen-bond acceptors (Lipinski definition) is 5. The standard InChI is InChI=1S/C16H21BrN2O5/c1-10(2)6-7-18-16(22)19-14(20)9-24-15(21)12-8-11(23-3)4-5-13(12)17/h4-5,8,10H,6-7,9H2,1-3H3,(H2,18,19,20,22). The predicted molar refractivity (Wildman–Crippen MR) is 92.0 cm³/mol. The van der Waals surface area contributed by atoms with E-state index in [9.17, 15) is 14.4 Å². The Kier molecular flexibility index (Phi) is 8.25. The fraction of sp³-hybridized carbons (Fsp3) is 0.438. The first-order chi connectivity index (χ1) is 11.3. The molecule has 0 bridgehead atoms. The van der Waals surface area contributed by atoms with Gasteiger partial charge >= 0.3 is 12.0 Å². The zero-order valence-corrected chi connectivity index (χ0v) is 15.4. The Labute approximate surface area is 149 Å². The minimum atomic E-state index is -0.704. The number of hydrogen-bond donors (Lipinski definition) is 2. The summed E-state index contributed by atoms with van der Waals surface area (Å²) in [5.74, 6) is -0.469. The summed E-state index contributed by atoms with van der Waals surface area (Å²) < 4.78 is 10.4. The molecule has 8 heteroatoms. The van der Waals surface area contributed by atoms with Crippen LogP contribution in [0.1, 0.15) is 30.6 Å². The Bertz CT molecular complexity index is 604. The van der Waals surface area contributed by atoms with Crippen LogP contribution in [0.25, 0.3) is 0 Å². The highest BCUT2D eigenvalue weighted by atomic mass is 79.9. The molecular formula is C16H21BrN2O5. The molecule has 0 aromatic heterocycles. The highest BCUT2D eigenvalue weighted by molar-refractivity contribution is 9.10. The lowest BCUT2D eigenvalue weighted by atomic mass is 10.1. The Hall–Kier alpha value is -2.09. The van der Waals surface area contributed by atoms with E-state index in [2.05, 4.69) is 26.6 Å². The van der Waals surface area contributed by atoms with Gasteiger partial charge in [0.1, 0.15) is 5.75 Å². The smallest absolute Gasteiger partial charge is 0.339 e. The second kappa shape index (κ2) is 9.92. The van der Waals surface area contributed by atoms with Crippen molar-refractivity contribution in [2.75, 3.05) is 20.3 Å². The van der Waals surface area contributed by atoms with Gasteiger partial charge in [-0.2, -0.15) is 0 Å². The maximum Gasteiger partial charge on any atom is 0.339 e. The number of amides is 3. The first-order valence-electron chi connectivity index (χ1n) is 7.41. The van der Waals surface area contributed by atoms with E-state index in [1.54, 1.807) is 12.1 Å². The normalized spacial score (nSPS) is 10.2. The number of esters is 1. The van der Waals surface area contributed by atoms with Gasteiger partial charge in [-0.05, 0) is 46.5 Å². The number of carbonyl (C=O) groups excluding carboxylic acids is 3. The summed E-state index contributed by atoms with van der Waals surface area (Å²) in [6.45, 7) is 3.97. The lowest BCUT2D eigenvalue weighted by Crippen LogP contribution is -2.42. The lowest BCUT2D eigenvalue weighted by molar-refractivity contribution is -0.123. The first kappa shape index (κ1) is 20.0. The zero-order chi connectivity index (χ0) is 18.1. The third kappa shape index (κ3) is 6.99. The number of halogens is 1. The van der Waals surface area contributed by atoms with Crippen molar-refractivity contribution in [3.05, 3.63) is 28.2 Å². The Morgan fingerprint density at radius 1 is 1.25 bits per heavy atom. The average molecular weight is 401 g/mol. The Morgan fingerprint density at radius 2 is 1.96 bits per heavy atom. The monoisotopic (exact) mass is 400 g/mol. The van der Waals surface area contributed by atoms with Gasteiger partial charge in [-0.25, -0.2) is 9.59 Å². The fourth-order valence-electron chi connectivity index (χ4n) is 1.68. The molecule has 1 aromatic rings. The number of methoxy groups -OCH3 is 1. The van der Waals surface area contributed by atoms with E-state index < -0.39 is 24.5 Å². The first-order valence-corrected chi connectivity index (χ1v) is 8.21. The average Bonchev–Trinajstić information content (AvgIpc) is 2.52. The van der Waals surface area contributed by atoms with Crippen LogP contribution >= 0.6 is 15.9 Å². The molecule has 0 radical (unpaired) electrons. The molecule has 0 unspecified atom stereocenters. The number of benzene rings is 1. The molecule has 0 aliphatic rings. The Morgan fingerprint density at radius 3 is 2.58 bits per heavy atom. The van der Waals surface area contributed by atoms with E-state index in [4.69, 9.17) is 9.47 Å². The van der Waals surface area contributed by atoms with Gasteiger partial charge in [0.25, 0.3) is 5.91 Å². The summed E-state index contributed by atoms with van der Waals surface area (Å²) in [6.07, 6.45) is 0.806. The van der Waals surface area contributed by atoms with E-state index >= 15 is 0 Å². The van der Waals surface area contributed by atoms with Crippen molar-refractivity contribution in [1.82, 2.24) is 10.6 Å². The van der Waals surface area contributed by atoms with Gasteiger partial charge in [0, 0.05) is 11.0 Å². The van der Waals surface area contributed by atoms with Crippen LogP contribution in [0.2, 0.25) is 0 Å².